The van der Waals surface area contributed by atoms with Crippen molar-refractivity contribution in [1.82, 2.24) is 5.32 Å². The zero-order valence-electron chi connectivity index (χ0n) is 7.79. The lowest BCUT2D eigenvalue weighted by Gasteiger charge is -2.08. The fraction of sp³-hybridized carbons (Fsp3) is 0.444. The maximum absolute atomic E-state index is 11.5. The molecule has 1 rings (SSSR count). The van der Waals surface area contributed by atoms with Gasteiger partial charge in [-0.15, -0.1) is 11.3 Å². The zero-order valence-corrected chi connectivity index (χ0v) is 10.2. The van der Waals surface area contributed by atoms with E-state index < -0.39 is 6.10 Å². The molecule has 0 bridgehead atoms. The molecule has 0 aliphatic heterocycles. The molecule has 1 aromatic rings. The fourth-order valence-corrected chi connectivity index (χ4v) is 2.36. The Bertz CT molecular complexity index is 314. The van der Waals surface area contributed by atoms with Gasteiger partial charge >= 0.3 is 0 Å². The minimum Gasteiger partial charge on any atom is -0.391 e. The summed E-state index contributed by atoms with van der Waals surface area (Å²) in [6, 6.07) is 1.83. The van der Waals surface area contributed by atoms with E-state index in [9.17, 15) is 9.90 Å². The van der Waals surface area contributed by atoms with Gasteiger partial charge in [0.05, 0.1) is 6.10 Å². The number of aliphatic hydroxyl groups excluding tert-OH is 1. The zero-order chi connectivity index (χ0) is 10.6. The second-order valence-corrected chi connectivity index (χ2v) is 4.64. The van der Waals surface area contributed by atoms with Crippen LogP contribution in [0.25, 0.3) is 0 Å². The number of hydrogen-bond acceptors (Lipinski definition) is 3. The molecule has 0 spiro atoms. The second kappa shape index (κ2) is 5.48. The molecule has 3 nitrogen and oxygen atoms in total. The van der Waals surface area contributed by atoms with Gasteiger partial charge in [0.25, 0.3) is 5.91 Å². The van der Waals surface area contributed by atoms with Crippen molar-refractivity contribution in [1.29, 1.82) is 0 Å². The van der Waals surface area contributed by atoms with Crippen molar-refractivity contribution < 1.29 is 9.90 Å². The Balaban J connectivity index is 2.47. The van der Waals surface area contributed by atoms with Gasteiger partial charge in [-0.2, -0.15) is 0 Å². The SMILES string of the molecule is CCC(O)CNC(=O)c1sccc1Br. The van der Waals surface area contributed by atoms with Crippen molar-refractivity contribution in [3.05, 3.63) is 20.8 Å². The predicted octanol–water partition coefficient (Wildman–Crippen LogP) is 2.01. The third kappa shape index (κ3) is 3.08. The summed E-state index contributed by atoms with van der Waals surface area (Å²) in [5.41, 5.74) is 0. The minimum absolute atomic E-state index is 0.139. The number of rotatable bonds is 4. The first kappa shape index (κ1) is 11.7. The van der Waals surface area contributed by atoms with Crippen LogP contribution in [0.15, 0.2) is 15.9 Å². The smallest absolute Gasteiger partial charge is 0.262 e. The van der Waals surface area contributed by atoms with Gasteiger partial charge in [0.1, 0.15) is 4.88 Å². The summed E-state index contributed by atoms with van der Waals surface area (Å²) in [6.45, 7) is 2.18. The predicted molar refractivity (Wildman–Crippen MR) is 60.7 cm³/mol. The summed E-state index contributed by atoms with van der Waals surface area (Å²) in [4.78, 5) is 12.2. The number of halogens is 1. The largest absolute Gasteiger partial charge is 0.391 e. The standard InChI is InChI=1S/C9H12BrNO2S/c1-2-6(12)5-11-9(13)8-7(10)3-4-14-8/h3-4,6,12H,2,5H2,1H3,(H,11,13). The summed E-state index contributed by atoms with van der Waals surface area (Å²) in [6.07, 6.45) is 0.184. The second-order valence-electron chi connectivity index (χ2n) is 2.87. The fourth-order valence-electron chi connectivity index (χ4n) is 0.891. The lowest BCUT2D eigenvalue weighted by molar-refractivity contribution is 0.0917. The lowest BCUT2D eigenvalue weighted by atomic mass is 10.3. The molecule has 0 saturated heterocycles. The Morgan fingerprint density at radius 2 is 2.50 bits per heavy atom. The van der Waals surface area contributed by atoms with E-state index in [-0.39, 0.29) is 5.91 Å². The molecular formula is C9H12BrNO2S. The first-order valence-electron chi connectivity index (χ1n) is 4.34. The van der Waals surface area contributed by atoms with Crippen LogP contribution < -0.4 is 5.32 Å². The van der Waals surface area contributed by atoms with Gasteiger partial charge in [0.15, 0.2) is 0 Å². The molecule has 0 aliphatic rings. The Morgan fingerprint density at radius 3 is 3.00 bits per heavy atom. The normalized spacial score (nSPS) is 12.5. The van der Waals surface area contributed by atoms with Crippen LogP contribution >= 0.6 is 27.3 Å². The third-order valence-corrected chi connectivity index (χ3v) is 3.63. The molecule has 1 aromatic heterocycles. The van der Waals surface area contributed by atoms with Crippen LogP contribution in [0.4, 0.5) is 0 Å². The van der Waals surface area contributed by atoms with Crippen molar-refractivity contribution in [2.75, 3.05) is 6.54 Å². The van der Waals surface area contributed by atoms with Gasteiger partial charge < -0.3 is 10.4 Å². The van der Waals surface area contributed by atoms with Gasteiger partial charge in [-0.1, -0.05) is 6.92 Å². The van der Waals surface area contributed by atoms with E-state index in [0.29, 0.717) is 17.8 Å². The van der Waals surface area contributed by atoms with Crippen LogP contribution in [-0.4, -0.2) is 23.7 Å². The first-order valence-corrected chi connectivity index (χ1v) is 6.01. The van der Waals surface area contributed by atoms with Crippen molar-refractivity contribution >= 4 is 33.2 Å². The number of hydrogen-bond donors (Lipinski definition) is 2. The third-order valence-electron chi connectivity index (χ3n) is 1.79. The monoisotopic (exact) mass is 277 g/mol. The molecule has 2 N–H and O–H groups in total. The highest BCUT2D eigenvalue weighted by Crippen LogP contribution is 2.22. The number of aliphatic hydroxyl groups is 1. The quantitative estimate of drug-likeness (QED) is 0.885. The minimum atomic E-state index is -0.460. The summed E-state index contributed by atoms with van der Waals surface area (Å²) in [5.74, 6) is -0.139. The molecule has 0 saturated carbocycles. The summed E-state index contributed by atoms with van der Waals surface area (Å²) in [5, 5.41) is 13.8. The average molecular weight is 278 g/mol. The summed E-state index contributed by atoms with van der Waals surface area (Å²) < 4.78 is 0.797. The van der Waals surface area contributed by atoms with Crippen LogP contribution in [0.3, 0.4) is 0 Å². The molecule has 0 radical (unpaired) electrons. The summed E-state index contributed by atoms with van der Waals surface area (Å²) >= 11 is 4.65. The number of carbonyl (C=O) groups is 1. The molecule has 0 aliphatic carbocycles. The van der Waals surface area contributed by atoms with Gasteiger partial charge in [-0.05, 0) is 33.8 Å². The van der Waals surface area contributed by atoms with E-state index in [1.807, 2.05) is 18.4 Å². The van der Waals surface area contributed by atoms with Crippen LogP contribution in [0.1, 0.15) is 23.0 Å². The molecule has 78 valence electrons. The number of nitrogens with one attached hydrogen (secondary N) is 1. The van der Waals surface area contributed by atoms with E-state index in [2.05, 4.69) is 21.2 Å². The van der Waals surface area contributed by atoms with Crippen molar-refractivity contribution in [3.63, 3.8) is 0 Å². The van der Waals surface area contributed by atoms with Crippen LogP contribution in [0.2, 0.25) is 0 Å². The van der Waals surface area contributed by atoms with Crippen molar-refractivity contribution in [2.24, 2.45) is 0 Å². The molecule has 5 heteroatoms. The number of amides is 1. The molecule has 1 atom stereocenters. The van der Waals surface area contributed by atoms with Gasteiger partial charge in [0.2, 0.25) is 0 Å². The van der Waals surface area contributed by atoms with Crippen LogP contribution in [0.5, 0.6) is 0 Å². The topological polar surface area (TPSA) is 49.3 Å². The Kier molecular flexibility index (Phi) is 4.57. The number of thiophene rings is 1. The van der Waals surface area contributed by atoms with E-state index in [1.165, 1.54) is 11.3 Å². The maximum Gasteiger partial charge on any atom is 0.262 e. The van der Waals surface area contributed by atoms with E-state index in [4.69, 9.17) is 0 Å². The van der Waals surface area contributed by atoms with Crippen molar-refractivity contribution in [3.8, 4) is 0 Å². The van der Waals surface area contributed by atoms with Crippen LogP contribution in [0, 0.1) is 0 Å². The maximum atomic E-state index is 11.5. The Hall–Kier alpha value is -0.390. The molecule has 1 amide bonds. The summed E-state index contributed by atoms with van der Waals surface area (Å²) in [7, 11) is 0. The van der Waals surface area contributed by atoms with Gasteiger partial charge in [-0.3, -0.25) is 4.79 Å². The Morgan fingerprint density at radius 1 is 1.79 bits per heavy atom. The lowest BCUT2D eigenvalue weighted by Crippen LogP contribution is -2.31. The van der Waals surface area contributed by atoms with E-state index in [0.717, 1.165) is 4.47 Å². The van der Waals surface area contributed by atoms with E-state index in [1.54, 1.807) is 0 Å². The average Bonchev–Trinajstić information content (AvgIpc) is 2.60. The first-order chi connectivity index (χ1) is 6.65. The molecule has 1 heterocycles. The van der Waals surface area contributed by atoms with Gasteiger partial charge in [0, 0.05) is 11.0 Å². The molecule has 1 unspecified atom stereocenters. The molecule has 14 heavy (non-hydrogen) atoms. The van der Waals surface area contributed by atoms with Gasteiger partial charge in [-0.25, -0.2) is 0 Å². The Labute approximate surface area is 95.3 Å². The molecule has 0 fully saturated rings. The highest BCUT2D eigenvalue weighted by Gasteiger charge is 2.11. The van der Waals surface area contributed by atoms with E-state index >= 15 is 0 Å². The number of carbonyl (C=O) groups excluding carboxylic acids is 1. The highest BCUT2D eigenvalue weighted by atomic mass is 79.9. The highest BCUT2D eigenvalue weighted by molar-refractivity contribution is 9.10. The van der Waals surface area contributed by atoms with Crippen molar-refractivity contribution in [2.45, 2.75) is 19.4 Å². The molecule has 0 aromatic carbocycles. The van der Waals surface area contributed by atoms with Crippen LogP contribution in [-0.2, 0) is 0 Å². The molecular weight excluding hydrogens is 266 g/mol.